The molecule has 126 valence electrons. The molecule has 0 bridgehead atoms. The van der Waals surface area contributed by atoms with E-state index in [9.17, 15) is 9.59 Å². The fourth-order valence-electron chi connectivity index (χ4n) is 2.21. The molecule has 1 aromatic heterocycles. The molecule has 24 heavy (non-hydrogen) atoms. The van der Waals surface area contributed by atoms with Crippen LogP contribution in [0.5, 0.6) is 0 Å². The number of anilines is 1. The summed E-state index contributed by atoms with van der Waals surface area (Å²) < 4.78 is 0. The van der Waals surface area contributed by atoms with Crippen molar-refractivity contribution in [1.29, 1.82) is 0 Å². The summed E-state index contributed by atoms with van der Waals surface area (Å²) in [5.74, 6) is -0.316. The number of hydrogen-bond donors (Lipinski definition) is 1. The van der Waals surface area contributed by atoms with Crippen molar-refractivity contribution >= 4 is 28.3 Å². The second-order valence-corrected chi connectivity index (χ2v) is 6.25. The van der Waals surface area contributed by atoms with Gasteiger partial charge in [0.15, 0.2) is 5.13 Å². The van der Waals surface area contributed by atoms with Gasteiger partial charge in [-0.3, -0.25) is 9.59 Å². The summed E-state index contributed by atoms with van der Waals surface area (Å²) in [6.07, 6.45) is 2.64. The lowest BCUT2D eigenvalue weighted by atomic mass is 10.1. The lowest BCUT2D eigenvalue weighted by Crippen LogP contribution is -2.38. The van der Waals surface area contributed by atoms with Crippen LogP contribution in [0.2, 0.25) is 0 Å². The number of nitrogens with one attached hydrogen (secondary N) is 1. The van der Waals surface area contributed by atoms with Crippen molar-refractivity contribution in [3.8, 4) is 0 Å². The van der Waals surface area contributed by atoms with Crippen molar-refractivity contribution in [3.63, 3.8) is 0 Å². The van der Waals surface area contributed by atoms with Crippen molar-refractivity contribution in [2.24, 2.45) is 0 Å². The molecule has 0 atom stereocenters. The van der Waals surface area contributed by atoms with E-state index in [1.165, 1.54) is 16.2 Å². The van der Waals surface area contributed by atoms with Gasteiger partial charge in [-0.1, -0.05) is 36.4 Å². The Bertz CT molecular complexity index is 697. The van der Waals surface area contributed by atoms with E-state index in [-0.39, 0.29) is 18.4 Å². The summed E-state index contributed by atoms with van der Waals surface area (Å²) in [5.41, 5.74) is 1.96. The number of aryl methyl sites for hydroxylation is 2. The van der Waals surface area contributed by atoms with Crippen LogP contribution in [0.15, 0.2) is 48.4 Å². The van der Waals surface area contributed by atoms with Gasteiger partial charge >= 0.3 is 0 Å². The van der Waals surface area contributed by atoms with E-state index in [1.807, 2.05) is 42.6 Å². The van der Waals surface area contributed by atoms with E-state index >= 15 is 0 Å². The van der Waals surface area contributed by atoms with Crippen LogP contribution in [0.4, 0.5) is 5.13 Å². The molecule has 2 aromatic rings. The predicted octanol–water partition coefficient (Wildman–Crippen LogP) is 3.04. The first-order valence-electron chi connectivity index (χ1n) is 7.73. The Kier molecular flexibility index (Phi) is 6.69. The SMILES string of the molecule is C=CCN(CC(=O)Nc1nc(C)cs1)C(=O)CCc1ccccc1. The van der Waals surface area contributed by atoms with E-state index < -0.39 is 0 Å². The van der Waals surface area contributed by atoms with E-state index in [2.05, 4.69) is 16.9 Å². The zero-order valence-electron chi connectivity index (χ0n) is 13.7. The fourth-order valence-corrected chi connectivity index (χ4v) is 2.91. The van der Waals surface area contributed by atoms with E-state index in [4.69, 9.17) is 0 Å². The number of aromatic nitrogens is 1. The summed E-state index contributed by atoms with van der Waals surface area (Å²) >= 11 is 1.37. The highest BCUT2D eigenvalue weighted by atomic mass is 32.1. The average molecular weight is 343 g/mol. The van der Waals surface area contributed by atoms with Crippen molar-refractivity contribution < 1.29 is 9.59 Å². The van der Waals surface area contributed by atoms with E-state index in [0.29, 0.717) is 24.5 Å². The quantitative estimate of drug-likeness (QED) is 0.750. The standard InChI is InChI=1S/C18H21N3O2S/c1-3-11-21(12-16(22)20-18-19-14(2)13-24-18)17(23)10-9-15-7-5-4-6-8-15/h3-8,13H,1,9-12H2,2H3,(H,19,20,22). The van der Waals surface area contributed by atoms with Crippen LogP contribution >= 0.6 is 11.3 Å². The van der Waals surface area contributed by atoms with Crippen LogP contribution < -0.4 is 5.32 Å². The number of carbonyl (C=O) groups excluding carboxylic acids is 2. The van der Waals surface area contributed by atoms with Crippen LogP contribution in [0.25, 0.3) is 0 Å². The highest BCUT2D eigenvalue weighted by Crippen LogP contribution is 2.14. The fraction of sp³-hybridized carbons (Fsp3) is 0.278. The highest BCUT2D eigenvalue weighted by Gasteiger charge is 2.16. The smallest absolute Gasteiger partial charge is 0.245 e. The molecule has 0 unspecified atom stereocenters. The Morgan fingerprint density at radius 3 is 2.71 bits per heavy atom. The van der Waals surface area contributed by atoms with Crippen LogP contribution in [0, 0.1) is 6.92 Å². The zero-order valence-corrected chi connectivity index (χ0v) is 14.5. The van der Waals surface area contributed by atoms with Crippen molar-refractivity contribution in [2.45, 2.75) is 19.8 Å². The van der Waals surface area contributed by atoms with Crippen molar-refractivity contribution in [2.75, 3.05) is 18.4 Å². The monoisotopic (exact) mass is 343 g/mol. The summed E-state index contributed by atoms with van der Waals surface area (Å²) in [6, 6.07) is 9.82. The summed E-state index contributed by atoms with van der Waals surface area (Å²) in [6.45, 7) is 5.87. The highest BCUT2D eigenvalue weighted by molar-refractivity contribution is 7.13. The molecule has 2 rings (SSSR count). The summed E-state index contributed by atoms with van der Waals surface area (Å²) in [5, 5.41) is 5.13. The van der Waals surface area contributed by atoms with Gasteiger partial charge in [0.2, 0.25) is 11.8 Å². The Hall–Kier alpha value is -2.47. The first-order valence-corrected chi connectivity index (χ1v) is 8.61. The molecule has 0 aliphatic carbocycles. The van der Waals surface area contributed by atoms with Crippen LogP contribution in [-0.4, -0.2) is 34.8 Å². The normalized spacial score (nSPS) is 10.2. The second-order valence-electron chi connectivity index (χ2n) is 5.39. The van der Waals surface area contributed by atoms with Gasteiger partial charge in [0.25, 0.3) is 0 Å². The van der Waals surface area contributed by atoms with Crippen molar-refractivity contribution in [1.82, 2.24) is 9.88 Å². The van der Waals surface area contributed by atoms with Gasteiger partial charge in [-0.25, -0.2) is 4.98 Å². The lowest BCUT2D eigenvalue weighted by molar-refractivity contribution is -0.134. The Morgan fingerprint density at radius 2 is 2.08 bits per heavy atom. The third-order valence-corrected chi connectivity index (χ3v) is 4.25. The number of amides is 2. The molecule has 0 saturated heterocycles. The van der Waals surface area contributed by atoms with Gasteiger partial charge in [0, 0.05) is 18.3 Å². The molecule has 0 saturated carbocycles. The Labute approximate surface area is 146 Å². The number of hydrogen-bond acceptors (Lipinski definition) is 4. The number of nitrogens with zero attached hydrogens (tertiary/aromatic N) is 2. The average Bonchev–Trinajstić information content (AvgIpc) is 2.98. The molecular weight excluding hydrogens is 322 g/mol. The van der Waals surface area contributed by atoms with Gasteiger partial charge in [-0.15, -0.1) is 17.9 Å². The molecule has 1 heterocycles. The maximum Gasteiger partial charge on any atom is 0.245 e. The number of rotatable bonds is 8. The van der Waals surface area contributed by atoms with Crippen LogP contribution in [-0.2, 0) is 16.0 Å². The van der Waals surface area contributed by atoms with Gasteiger partial charge in [-0.05, 0) is 18.9 Å². The molecule has 5 nitrogen and oxygen atoms in total. The molecule has 0 spiro atoms. The van der Waals surface area contributed by atoms with Crippen LogP contribution in [0.3, 0.4) is 0 Å². The maximum atomic E-state index is 12.4. The van der Waals surface area contributed by atoms with Gasteiger partial charge < -0.3 is 10.2 Å². The summed E-state index contributed by atoms with van der Waals surface area (Å²) in [4.78, 5) is 30.2. The third-order valence-electron chi connectivity index (χ3n) is 3.37. The largest absolute Gasteiger partial charge is 0.330 e. The lowest BCUT2D eigenvalue weighted by Gasteiger charge is -2.20. The number of benzene rings is 1. The number of carbonyl (C=O) groups is 2. The number of thiazole rings is 1. The van der Waals surface area contributed by atoms with Gasteiger partial charge in [0.1, 0.15) is 6.54 Å². The molecule has 1 N–H and O–H groups in total. The molecule has 6 heteroatoms. The first-order chi connectivity index (χ1) is 11.6. The molecule has 0 radical (unpaired) electrons. The Morgan fingerprint density at radius 1 is 1.33 bits per heavy atom. The second kappa shape index (κ2) is 8.98. The molecular formula is C18H21N3O2S. The molecule has 0 aliphatic rings. The van der Waals surface area contributed by atoms with E-state index in [1.54, 1.807) is 6.08 Å². The third kappa shape index (κ3) is 5.62. The van der Waals surface area contributed by atoms with Crippen LogP contribution in [0.1, 0.15) is 17.7 Å². The van der Waals surface area contributed by atoms with Gasteiger partial charge in [0.05, 0.1) is 5.69 Å². The topological polar surface area (TPSA) is 62.3 Å². The minimum atomic E-state index is -0.251. The maximum absolute atomic E-state index is 12.4. The van der Waals surface area contributed by atoms with E-state index in [0.717, 1.165) is 11.3 Å². The minimum absolute atomic E-state index is 0.00172. The minimum Gasteiger partial charge on any atom is -0.330 e. The Balaban J connectivity index is 1.88. The molecule has 0 aliphatic heterocycles. The van der Waals surface area contributed by atoms with Gasteiger partial charge in [-0.2, -0.15) is 0 Å². The van der Waals surface area contributed by atoms with Crippen molar-refractivity contribution in [3.05, 3.63) is 59.6 Å². The molecule has 1 aromatic carbocycles. The summed E-state index contributed by atoms with van der Waals surface area (Å²) in [7, 11) is 0. The zero-order chi connectivity index (χ0) is 17.4. The predicted molar refractivity (Wildman–Crippen MR) is 97.0 cm³/mol. The molecule has 2 amide bonds. The first kappa shape index (κ1) is 17.9. The molecule has 0 fully saturated rings.